The zero-order valence-corrected chi connectivity index (χ0v) is 13.0. The summed E-state index contributed by atoms with van der Waals surface area (Å²) in [6.07, 6.45) is 5.58. The molecule has 2 aromatic heterocycles. The van der Waals surface area contributed by atoms with Gasteiger partial charge in [-0.3, -0.25) is 4.98 Å². The molecule has 0 aromatic carbocycles. The Kier molecular flexibility index (Phi) is 4.40. The summed E-state index contributed by atoms with van der Waals surface area (Å²) in [4.78, 5) is 8.54. The number of pyridine rings is 1. The molecule has 2 N–H and O–H groups in total. The van der Waals surface area contributed by atoms with Gasteiger partial charge in [-0.15, -0.1) is 0 Å². The molecule has 0 bridgehead atoms. The van der Waals surface area contributed by atoms with E-state index in [4.69, 9.17) is 4.74 Å². The first-order valence-electron chi connectivity index (χ1n) is 7.60. The second kappa shape index (κ2) is 6.46. The molecule has 3 rings (SSSR count). The molecule has 0 spiro atoms. The van der Waals surface area contributed by atoms with Crippen LogP contribution in [0.25, 0.3) is 0 Å². The number of aromatic hydroxyl groups is 1. The van der Waals surface area contributed by atoms with Crippen molar-refractivity contribution in [2.45, 2.75) is 38.5 Å². The van der Waals surface area contributed by atoms with Crippen molar-refractivity contribution in [2.75, 3.05) is 6.61 Å². The Hall–Kier alpha value is -1.92. The molecule has 1 saturated heterocycles. The van der Waals surface area contributed by atoms with Crippen molar-refractivity contribution in [3.05, 3.63) is 41.7 Å². The average Bonchev–Trinajstić information content (AvgIpc) is 2.95. The molecule has 6 heteroatoms. The fourth-order valence-corrected chi connectivity index (χ4v) is 2.84. The highest BCUT2D eigenvalue weighted by Crippen LogP contribution is 2.28. The van der Waals surface area contributed by atoms with E-state index in [-0.39, 0.29) is 11.9 Å². The van der Waals surface area contributed by atoms with E-state index in [2.05, 4.69) is 15.3 Å². The smallest absolute Gasteiger partial charge is 0.138 e. The van der Waals surface area contributed by atoms with Crippen LogP contribution in [0, 0.1) is 6.92 Å². The molecule has 0 unspecified atom stereocenters. The van der Waals surface area contributed by atoms with Gasteiger partial charge in [0.1, 0.15) is 11.9 Å². The van der Waals surface area contributed by atoms with Gasteiger partial charge in [0.05, 0.1) is 23.9 Å². The number of aromatic nitrogens is 3. The number of hydrogen-bond donors (Lipinski definition) is 2. The number of nitrogens with zero attached hydrogens (tertiary/aromatic N) is 3. The molecule has 118 valence electrons. The van der Waals surface area contributed by atoms with E-state index in [1.165, 1.54) is 0 Å². The van der Waals surface area contributed by atoms with E-state index in [0.29, 0.717) is 18.3 Å². The maximum absolute atomic E-state index is 9.86. The highest BCUT2D eigenvalue weighted by molar-refractivity contribution is 5.27. The van der Waals surface area contributed by atoms with Crippen molar-refractivity contribution in [1.82, 2.24) is 19.9 Å². The Morgan fingerprint density at radius 3 is 3.09 bits per heavy atom. The maximum Gasteiger partial charge on any atom is 0.138 e. The second-order valence-corrected chi connectivity index (χ2v) is 5.81. The molecule has 0 saturated carbocycles. The summed E-state index contributed by atoms with van der Waals surface area (Å²) >= 11 is 0. The summed E-state index contributed by atoms with van der Waals surface area (Å²) < 4.78 is 7.86. The van der Waals surface area contributed by atoms with Gasteiger partial charge in [0, 0.05) is 31.9 Å². The number of aryl methyl sites for hydroxylation is 2. The van der Waals surface area contributed by atoms with Crippen LogP contribution >= 0.6 is 0 Å². The van der Waals surface area contributed by atoms with Gasteiger partial charge in [0.25, 0.3) is 0 Å². The number of ether oxygens (including phenoxy) is 1. The lowest BCUT2D eigenvalue weighted by Gasteiger charge is -2.30. The fraction of sp³-hybridized carbons (Fsp3) is 0.500. The zero-order chi connectivity index (χ0) is 15.5. The molecule has 3 heterocycles. The normalized spacial score (nSPS) is 21.9. The summed E-state index contributed by atoms with van der Waals surface area (Å²) in [6.45, 7) is 3.22. The van der Waals surface area contributed by atoms with E-state index in [1.54, 1.807) is 12.4 Å². The Labute approximate surface area is 130 Å². The van der Waals surface area contributed by atoms with Crippen LogP contribution in [0.3, 0.4) is 0 Å². The Balaban J connectivity index is 1.61. The summed E-state index contributed by atoms with van der Waals surface area (Å²) in [7, 11) is 1.98. The first-order chi connectivity index (χ1) is 10.6. The van der Waals surface area contributed by atoms with Gasteiger partial charge in [-0.2, -0.15) is 0 Å². The SMILES string of the molecule is Cc1ccc(O)c(CN[C@H]2CCO[C@@H](c3cncn3C)C2)n1. The highest BCUT2D eigenvalue weighted by atomic mass is 16.5. The first kappa shape index (κ1) is 15.0. The molecule has 0 amide bonds. The number of nitrogens with one attached hydrogen (secondary N) is 1. The van der Waals surface area contributed by atoms with Gasteiger partial charge >= 0.3 is 0 Å². The van der Waals surface area contributed by atoms with Gasteiger partial charge in [0.15, 0.2) is 0 Å². The topological polar surface area (TPSA) is 72.2 Å². The standard InChI is InChI=1S/C16H22N4O2/c1-11-3-4-15(21)13(19-11)8-18-12-5-6-22-16(7-12)14-9-17-10-20(14)2/h3-4,9-10,12,16,18,21H,5-8H2,1-2H3/t12-,16+/m0/s1. The summed E-state index contributed by atoms with van der Waals surface area (Å²) in [5.41, 5.74) is 2.71. The molecule has 22 heavy (non-hydrogen) atoms. The van der Waals surface area contributed by atoms with Crippen molar-refractivity contribution in [1.29, 1.82) is 0 Å². The molecule has 1 aliphatic heterocycles. The van der Waals surface area contributed by atoms with Crippen molar-refractivity contribution in [3.8, 4) is 5.75 Å². The molecule has 1 aliphatic rings. The Bertz CT molecular complexity index is 641. The largest absolute Gasteiger partial charge is 0.506 e. The third-order valence-corrected chi connectivity index (χ3v) is 4.12. The quantitative estimate of drug-likeness (QED) is 0.901. The average molecular weight is 302 g/mol. The van der Waals surface area contributed by atoms with Crippen LogP contribution in [-0.4, -0.2) is 32.3 Å². The third-order valence-electron chi connectivity index (χ3n) is 4.12. The minimum atomic E-state index is 0.0674. The third kappa shape index (κ3) is 3.28. The van der Waals surface area contributed by atoms with Crippen LogP contribution in [-0.2, 0) is 18.3 Å². The van der Waals surface area contributed by atoms with Crippen LogP contribution in [0.2, 0.25) is 0 Å². The van der Waals surface area contributed by atoms with Crippen molar-refractivity contribution < 1.29 is 9.84 Å². The van der Waals surface area contributed by atoms with Crippen molar-refractivity contribution in [3.63, 3.8) is 0 Å². The van der Waals surface area contributed by atoms with E-state index in [0.717, 1.165) is 30.8 Å². The van der Waals surface area contributed by atoms with Crippen LogP contribution < -0.4 is 5.32 Å². The van der Waals surface area contributed by atoms with Gasteiger partial charge in [-0.25, -0.2) is 4.98 Å². The molecule has 2 aromatic rings. The number of rotatable bonds is 4. The molecule has 2 atom stereocenters. The summed E-state index contributed by atoms with van der Waals surface area (Å²) in [5.74, 6) is 0.244. The fourth-order valence-electron chi connectivity index (χ4n) is 2.84. The van der Waals surface area contributed by atoms with Gasteiger partial charge < -0.3 is 19.7 Å². The second-order valence-electron chi connectivity index (χ2n) is 5.81. The van der Waals surface area contributed by atoms with E-state index < -0.39 is 0 Å². The summed E-state index contributed by atoms with van der Waals surface area (Å²) in [5, 5.41) is 13.3. The molecule has 0 radical (unpaired) electrons. The molecular formula is C16H22N4O2. The first-order valence-corrected chi connectivity index (χ1v) is 7.60. The Morgan fingerprint density at radius 2 is 2.32 bits per heavy atom. The van der Waals surface area contributed by atoms with E-state index >= 15 is 0 Å². The van der Waals surface area contributed by atoms with Gasteiger partial charge in [0.2, 0.25) is 0 Å². The van der Waals surface area contributed by atoms with Crippen molar-refractivity contribution in [2.24, 2.45) is 7.05 Å². The van der Waals surface area contributed by atoms with Crippen molar-refractivity contribution >= 4 is 0 Å². The van der Waals surface area contributed by atoms with E-state index in [1.807, 2.05) is 30.8 Å². The minimum absolute atomic E-state index is 0.0674. The molecule has 6 nitrogen and oxygen atoms in total. The van der Waals surface area contributed by atoms with E-state index in [9.17, 15) is 5.11 Å². The lowest BCUT2D eigenvalue weighted by Crippen LogP contribution is -2.36. The summed E-state index contributed by atoms with van der Waals surface area (Å²) in [6, 6.07) is 3.85. The minimum Gasteiger partial charge on any atom is -0.506 e. The zero-order valence-electron chi connectivity index (χ0n) is 13.0. The lowest BCUT2D eigenvalue weighted by molar-refractivity contribution is -0.00411. The number of hydrogen-bond acceptors (Lipinski definition) is 5. The van der Waals surface area contributed by atoms with Crippen LogP contribution in [0.15, 0.2) is 24.7 Å². The van der Waals surface area contributed by atoms with Crippen LogP contribution in [0.5, 0.6) is 5.75 Å². The molecular weight excluding hydrogens is 280 g/mol. The van der Waals surface area contributed by atoms with Gasteiger partial charge in [-0.1, -0.05) is 0 Å². The Morgan fingerprint density at radius 1 is 1.45 bits per heavy atom. The predicted octanol–water partition coefficient (Wildman–Crippen LogP) is 1.84. The highest BCUT2D eigenvalue weighted by Gasteiger charge is 2.25. The van der Waals surface area contributed by atoms with Crippen LogP contribution in [0.1, 0.15) is 36.0 Å². The number of imidazole rings is 1. The molecule has 1 fully saturated rings. The molecule has 0 aliphatic carbocycles. The maximum atomic E-state index is 9.86. The van der Waals surface area contributed by atoms with Gasteiger partial charge in [-0.05, 0) is 31.9 Å². The lowest BCUT2D eigenvalue weighted by atomic mass is 10.0. The predicted molar refractivity (Wildman–Crippen MR) is 82.4 cm³/mol. The monoisotopic (exact) mass is 302 g/mol. The van der Waals surface area contributed by atoms with Crippen LogP contribution in [0.4, 0.5) is 0 Å².